The first-order chi connectivity index (χ1) is 2.00. The fourth-order valence-electron chi connectivity index (χ4n) is 0. The topological polar surface area (TPSA) is 77.8 Å². The van der Waals surface area contributed by atoms with Gasteiger partial charge in [0, 0.05) is 49.4 Å². The summed E-state index contributed by atoms with van der Waals surface area (Å²) < 4.78 is 8.88. The third-order valence-corrected chi connectivity index (χ3v) is 0. The molecule has 0 fully saturated rings. The van der Waals surface area contributed by atoms with Gasteiger partial charge in [-0.3, -0.25) is 0 Å². The molecule has 0 bridgehead atoms. The number of phosphoric acid groups is 1. The molecule has 0 heterocycles. The molecule has 0 rings (SSSR count). The van der Waals surface area contributed by atoms with Crippen molar-refractivity contribution in [3.8, 4) is 0 Å². The summed E-state index contributed by atoms with van der Waals surface area (Å²) in [6.07, 6.45) is 0. The van der Waals surface area contributed by atoms with Gasteiger partial charge in [0.25, 0.3) is 0 Å². The summed E-state index contributed by atoms with van der Waals surface area (Å²) >= 11 is 0. The van der Waals surface area contributed by atoms with Crippen LogP contribution in [0.4, 0.5) is 0 Å². The molecule has 0 saturated carbocycles. The molecule has 1 radical (unpaired) electrons. The summed E-state index contributed by atoms with van der Waals surface area (Å²) in [6.45, 7) is 0. The average Bonchev–Trinajstić information content (AvgIpc) is 0.722. The zero-order chi connectivity index (χ0) is 4.50. The van der Waals surface area contributed by atoms with Gasteiger partial charge in [-0.1, -0.05) is 0 Å². The molecule has 0 aliphatic carbocycles. The van der Waals surface area contributed by atoms with Crippen LogP contribution in [0.1, 0.15) is 0 Å². The Hall–Kier alpha value is 2.69. The molecule has 0 atom stereocenters. The second kappa shape index (κ2) is 6.81. The van der Waals surface area contributed by atoms with Crippen molar-refractivity contribution < 1.29 is 68.6 Å². The van der Waals surface area contributed by atoms with Crippen LogP contribution in [0, 0.1) is 49.4 Å². The molecular weight excluding hydrogens is 270 g/mol. The van der Waals surface area contributed by atoms with Gasteiger partial charge in [0.2, 0.25) is 0 Å². The van der Waals surface area contributed by atoms with Gasteiger partial charge in [-0.2, -0.15) is 0 Å². The van der Waals surface area contributed by atoms with Gasteiger partial charge in [-0.25, -0.2) is 4.57 Å². The molecule has 0 spiro atoms. The van der Waals surface area contributed by atoms with Crippen LogP contribution in [-0.4, -0.2) is 44.2 Å². The molecule has 0 aromatic heterocycles. The van der Waals surface area contributed by atoms with Crippen molar-refractivity contribution >= 4 is 37.4 Å². The van der Waals surface area contributed by atoms with Crippen molar-refractivity contribution in [2.24, 2.45) is 0 Å². The Labute approximate surface area is 104 Å². The molecule has 0 unspecified atom stereocenters. The molecule has 0 aromatic carbocycles. The van der Waals surface area contributed by atoms with E-state index < -0.39 is 7.82 Å². The van der Waals surface area contributed by atoms with Gasteiger partial charge < -0.3 is 14.7 Å². The van der Waals surface area contributed by atoms with Crippen LogP contribution in [0.3, 0.4) is 0 Å². The molecule has 0 aliphatic heterocycles. The molecule has 0 aliphatic rings. The van der Waals surface area contributed by atoms with Gasteiger partial charge in [0.15, 0.2) is 0 Å². The summed E-state index contributed by atoms with van der Waals surface area (Å²) in [7, 11) is -4.64. The Bertz CT molecular complexity index is 57.8. The Morgan fingerprint density at radius 3 is 1.14 bits per heavy atom. The van der Waals surface area contributed by atoms with Crippen LogP contribution in [0.5, 0.6) is 0 Å². The third-order valence-electron chi connectivity index (χ3n) is 0. The van der Waals surface area contributed by atoms with Crippen molar-refractivity contribution in [2.45, 2.75) is 0 Å². The predicted octanol–water partition coefficient (Wildman–Crippen LogP) is -1.58. The maximum atomic E-state index is 8.88. The van der Waals surface area contributed by atoms with Gasteiger partial charge in [0.1, 0.15) is 0 Å². The fraction of sp³-hybridized carbons (Fsp3) is 0. The van der Waals surface area contributed by atoms with Crippen molar-refractivity contribution in [2.75, 3.05) is 0 Å². The summed E-state index contributed by atoms with van der Waals surface area (Å²) in [5.74, 6) is 0. The zero-order valence-electron chi connectivity index (χ0n) is 2.58. The second-order valence-electron chi connectivity index (χ2n) is 0.513. The molecule has 4 nitrogen and oxygen atoms in total. The Kier molecular flexibility index (Phi) is 15.9. The first-order valence-corrected chi connectivity index (χ1v) is 2.35. The molecular formula is H4EuNaO4P. The SMILES string of the molecule is O=P(O)(O)O.[Eu].[NaH]. The average molecular weight is 274 g/mol. The van der Waals surface area contributed by atoms with Crippen LogP contribution in [-0.2, 0) is 4.57 Å². The first-order valence-electron chi connectivity index (χ1n) is 0.783. The molecule has 7 heavy (non-hydrogen) atoms. The Morgan fingerprint density at radius 2 is 1.14 bits per heavy atom. The molecule has 0 aromatic rings. The molecule has 0 amide bonds. The second-order valence-corrected chi connectivity index (χ2v) is 1.54. The van der Waals surface area contributed by atoms with E-state index in [9.17, 15) is 0 Å². The van der Waals surface area contributed by atoms with Crippen molar-refractivity contribution in [3.05, 3.63) is 0 Å². The summed E-state index contributed by atoms with van der Waals surface area (Å²) in [5.41, 5.74) is 0. The van der Waals surface area contributed by atoms with E-state index in [1.54, 1.807) is 0 Å². The molecule has 3 N–H and O–H groups in total. The van der Waals surface area contributed by atoms with E-state index in [4.69, 9.17) is 19.2 Å². The van der Waals surface area contributed by atoms with Crippen molar-refractivity contribution in [1.82, 2.24) is 0 Å². The van der Waals surface area contributed by atoms with Crippen LogP contribution < -0.4 is 0 Å². The van der Waals surface area contributed by atoms with E-state index in [0.29, 0.717) is 0 Å². The normalized spacial score (nSPS) is 8.43. The predicted molar refractivity (Wildman–Crippen MR) is 21.4 cm³/mol. The van der Waals surface area contributed by atoms with E-state index in [0.717, 1.165) is 0 Å². The van der Waals surface area contributed by atoms with Gasteiger partial charge in [-0.15, -0.1) is 0 Å². The van der Waals surface area contributed by atoms with E-state index in [1.165, 1.54) is 0 Å². The van der Waals surface area contributed by atoms with Gasteiger partial charge >= 0.3 is 37.4 Å². The number of hydrogen-bond donors (Lipinski definition) is 3. The van der Waals surface area contributed by atoms with E-state index in [-0.39, 0.29) is 78.9 Å². The Morgan fingerprint density at radius 1 is 1.14 bits per heavy atom. The van der Waals surface area contributed by atoms with Crippen LogP contribution in [0.2, 0.25) is 0 Å². The zero-order valence-corrected chi connectivity index (χ0v) is 5.89. The molecule has 0 saturated heterocycles. The van der Waals surface area contributed by atoms with Crippen LogP contribution in [0.25, 0.3) is 0 Å². The Balaban J connectivity index is -0.0000000800. The molecule has 7 heteroatoms. The number of hydrogen-bond acceptors (Lipinski definition) is 1. The molecule has 41 valence electrons. The quantitative estimate of drug-likeness (QED) is 0.368. The minimum absolute atomic E-state index is 0. The monoisotopic (exact) mass is 275 g/mol. The van der Waals surface area contributed by atoms with Gasteiger partial charge in [-0.05, 0) is 0 Å². The third kappa shape index (κ3) is 53.7. The standard InChI is InChI=1S/Eu.Na.H3O4P.H/c;;1-5(2,3)4;/h;;(H3,1,2,3,4);. The van der Waals surface area contributed by atoms with E-state index in [1.807, 2.05) is 0 Å². The minimum atomic E-state index is -4.64. The fourth-order valence-corrected chi connectivity index (χ4v) is 0. The van der Waals surface area contributed by atoms with E-state index in [2.05, 4.69) is 0 Å². The van der Waals surface area contributed by atoms with Crippen molar-refractivity contribution in [1.29, 1.82) is 0 Å². The number of rotatable bonds is 0. The summed E-state index contributed by atoms with van der Waals surface area (Å²) in [4.78, 5) is 21.6. The van der Waals surface area contributed by atoms with Crippen molar-refractivity contribution in [3.63, 3.8) is 0 Å². The van der Waals surface area contributed by atoms with Crippen LogP contribution >= 0.6 is 7.82 Å². The van der Waals surface area contributed by atoms with E-state index >= 15 is 0 Å². The first kappa shape index (κ1) is 16.4. The van der Waals surface area contributed by atoms with Crippen LogP contribution in [0.15, 0.2) is 0 Å². The van der Waals surface area contributed by atoms with Gasteiger partial charge in [0.05, 0.1) is 0 Å². The maximum absolute atomic E-state index is 8.88. The summed E-state index contributed by atoms with van der Waals surface area (Å²) in [6, 6.07) is 0. The summed E-state index contributed by atoms with van der Waals surface area (Å²) in [5, 5.41) is 0.